The molecule has 0 fully saturated rings. The Labute approximate surface area is 259 Å². The normalized spacial score (nSPS) is 16.9. The van der Waals surface area contributed by atoms with E-state index in [1.807, 2.05) is 24.3 Å². The van der Waals surface area contributed by atoms with Gasteiger partial charge in [0.15, 0.2) is 17.5 Å². The van der Waals surface area contributed by atoms with E-state index < -0.39 is 131 Å². The molecule has 0 amide bonds. The summed E-state index contributed by atoms with van der Waals surface area (Å²) in [5.41, 5.74) is -0.501. The van der Waals surface area contributed by atoms with Gasteiger partial charge in [-0.15, -0.1) is 0 Å². The van der Waals surface area contributed by atoms with Gasteiger partial charge < -0.3 is 4.57 Å². The average Bonchev–Trinajstić information content (AvgIpc) is 3.53. The van der Waals surface area contributed by atoms with Gasteiger partial charge in [-0.1, -0.05) is 121 Å². The van der Waals surface area contributed by atoms with Crippen molar-refractivity contribution in [3.8, 4) is 39.9 Å². The fourth-order valence-electron chi connectivity index (χ4n) is 4.86. The molecule has 0 radical (unpaired) electrons. The first-order valence-corrected chi connectivity index (χ1v) is 12.4. The Morgan fingerprint density at radius 3 is 1.51 bits per heavy atom. The highest BCUT2D eigenvalue weighted by atomic mass is 15.0. The van der Waals surface area contributed by atoms with Gasteiger partial charge in [0, 0.05) is 32.8 Å². The summed E-state index contributed by atoms with van der Waals surface area (Å²) in [5.74, 6) is -1.87. The largest absolute Gasteiger partial charge is 0.309 e. The molecule has 0 saturated heterocycles. The van der Waals surface area contributed by atoms with Gasteiger partial charge in [-0.2, -0.15) is 0 Å². The van der Waals surface area contributed by atoms with Gasteiger partial charge in [0.25, 0.3) is 0 Å². The SMILES string of the molecule is [2H]c1c([2H])c([2H])c(-c2nc(-c3c([2H])c([2H])c([2H])c([2H])c3[2H])nc(-c3c([2H])c([2H])c(-n4c5ccccc5c5ccccc54)c4c([2H])c([2H])c([2H])c([2H])c34)n2)c([2H])c1[2H]. The minimum Gasteiger partial charge on any atom is -0.309 e. The molecule has 2 heterocycles. The van der Waals surface area contributed by atoms with Crippen molar-refractivity contribution < 1.29 is 21.9 Å². The van der Waals surface area contributed by atoms with Crippen molar-refractivity contribution in [2.75, 3.05) is 0 Å². The summed E-state index contributed by atoms with van der Waals surface area (Å²) in [6.07, 6.45) is 0. The molecule has 0 unspecified atom stereocenters. The molecule has 0 N–H and O–H groups in total. The van der Waals surface area contributed by atoms with Crippen LogP contribution < -0.4 is 0 Å². The Morgan fingerprint density at radius 2 is 0.927 bits per heavy atom. The predicted molar refractivity (Wildman–Crippen MR) is 168 cm³/mol. The number of para-hydroxylation sites is 2. The zero-order valence-corrected chi connectivity index (χ0v) is 20.9. The summed E-state index contributed by atoms with van der Waals surface area (Å²) in [6.45, 7) is 0. The summed E-state index contributed by atoms with van der Waals surface area (Å²) in [6, 6.07) is 3.16. The average molecular weight is 541 g/mol. The molecule has 0 saturated carbocycles. The topological polar surface area (TPSA) is 43.6 Å². The minimum atomic E-state index is -0.762. The Morgan fingerprint density at radius 1 is 0.439 bits per heavy atom. The minimum absolute atomic E-state index is 0.0612. The van der Waals surface area contributed by atoms with Crippen LogP contribution in [-0.2, 0) is 0 Å². The van der Waals surface area contributed by atoms with Crippen LogP contribution in [0.5, 0.6) is 0 Å². The number of hydrogen-bond acceptors (Lipinski definition) is 3. The van der Waals surface area contributed by atoms with E-state index >= 15 is 0 Å². The van der Waals surface area contributed by atoms with Gasteiger partial charge in [0.05, 0.1) is 38.7 Å². The van der Waals surface area contributed by atoms with E-state index in [4.69, 9.17) is 16.4 Å². The Balaban J connectivity index is 1.59. The van der Waals surface area contributed by atoms with Crippen LogP contribution in [0, 0.1) is 0 Å². The number of fused-ring (bicyclic) bond motifs is 4. The lowest BCUT2D eigenvalue weighted by Crippen LogP contribution is -2.01. The maximum absolute atomic E-state index is 9.52. The summed E-state index contributed by atoms with van der Waals surface area (Å²) >= 11 is 0. The molecule has 2 aromatic heterocycles. The molecule has 41 heavy (non-hydrogen) atoms. The van der Waals surface area contributed by atoms with Crippen molar-refractivity contribution in [2.45, 2.75) is 0 Å². The quantitative estimate of drug-likeness (QED) is 0.224. The maximum Gasteiger partial charge on any atom is 0.164 e. The van der Waals surface area contributed by atoms with E-state index in [0.717, 1.165) is 10.8 Å². The number of benzene rings is 6. The molecule has 6 aromatic carbocycles. The molecule has 0 atom stereocenters. The molecule has 0 aliphatic carbocycles. The second-order valence-corrected chi connectivity index (χ2v) is 8.90. The second kappa shape index (κ2) is 9.54. The van der Waals surface area contributed by atoms with Crippen molar-refractivity contribution in [3.63, 3.8) is 0 Å². The maximum atomic E-state index is 9.52. The second-order valence-electron chi connectivity index (χ2n) is 8.90. The summed E-state index contributed by atoms with van der Waals surface area (Å²) in [7, 11) is 0. The third-order valence-electron chi connectivity index (χ3n) is 6.59. The lowest BCUT2D eigenvalue weighted by Gasteiger charge is -2.15. The van der Waals surface area contributed by atoms with Crippen molar-refractivity contribution in [2.24, 2.45) is 0 Å². The van der Waals surface area contributed by atoms with E-state index in [-0.39, 0.29) is 16.5 Å². The number of nitrogens with zero attached hydrogens (tertiary/aromatic N) is 4. The molecule has 192 valence electrons. The number of hydrogen-bond donors (Lipinski definition) is 0. The Kier molecular flexibility index (Phi) is 2.86. The van der Waals surface area contributed by atoms with E-state index in [1.165, 1.54) is 0 Å². The van der Waals surface area contributed by atoms with Crippen LogP contribution in [0.2, 0.25) is 0 Å². The third kappa shape index (κ3) is 3.88. The van der Waals surface area contributed by atoms with E-state index in [1.54, 1.807) is 28.8 Å². The molecule has 4 heteroatoms. The van der Waals surface area contributed by atoms with Crippen LogP contribution in [0.1, 0.15) is 21.9 Å². The molecule has 0 aliphatic rings. The highest BCUT2D eigenvalue weighted by Gasteiger charge is 2.18. The third-order valence-corrected chi connectivity index (χ3v) is 6.59. The molecule has 8 aromatic rings. The molecular weight excluding hydrogens is 500 g/mol. The molecule has 0 bridgehead atoms. The monoisotopic (exact) mass is 540 g/mol. The molecule has 4 nitrogen and oxygen atoms in total. The smallest absolute Gasteiger partial charge is 0.164 e. The fourth-order valence-corrected chi connectivity index (χ4v) is 4.86. The Bertz CT molecular complexity index is 2910. The first kappa shape index (κ1) is 12.3. The van der Waals surface area contributed by atoms with Crippen molar-refractivity contribution >= 4 is 32.6 Å². The van der Waals surface area contributed by atoms with Gasteiger partial charge in [-0.3, -0.25) is 0 Å². The zero-order chi connectivity index (χ0) is 41.1. The summed E-state index contributed by atoms with van der Waals surface area (Å²) < 4.78 is 140. The highest BCUT2D eigenvalue weighted by molar-refractivity contribution is 6.11. The highest BCUT2D eigenvalue weighted by Crippen LogP contribution is 2.37. The van der Waals surface area contributed by atoms with E-state index in [9.17, 15) is 5.48 Å². The molecule has 0 spiro atoms. The molecule has 0 aliphatic heterocycles. The summed E-state index contributed by atoms with van der Waals surface area (Å²) in [5, 5.41) is 1.02. The van der Waals surface area contributed by atoms with Crippen LogP contribution >= 0.6 is 0 Å². The van der Waals surface area contributed by atoms with Gasteiger partial charge in [-0.25, -0.2) is 15.0 Å². The zero-order valence-electron chi connectivity index (χ0n) is 36.9. The molecule has 8 rings (SSSR count). The van der Waals surface area contributed by atoms with E-state index in [2.05, 4.69) is 15.0 Å². The van der Waals surface area contributed by atoms with Crippen LogP contribution in [0.25, 0.3) is 72.4 Å². The van der Waals surface area contributed by atoms with Crippen molar-refractivity contribution in [1.82, 2.24) is 19.5 Å². The lowest BCUT2D eigenvalue weighted by molar-refractivity contribution is 1.08. The standard InChI is InChI=1S/C37H24N4/c1-3-13-25(14-4-1)35-38-36(26-15-5-2-6-16-26)40-37(39-35)31-23-24-34(28-18-8-7-17-27(28)31)41-32-21-11-9-19-29(32)30-20-10-12-22-33(30)41/h1-24H/i1D,2D,3D,4D,5D,6D,7D,8D,13D,14D,15D,16D,17D,18D,23D,24D. The lowest BCUT2D eigenvalue weighted by atomic mass is 10.0. The fraction of sp³-hybridized carbons (Fsp3) is 0. The summed E-state index contributed by atoms with van der Waals surface area (Å²) in [4.78, 5) is 13.1. The van der Waals surface area contributed by atoms with E-state index in [0.29, 0.717) is 11.0 Å². The van der Waals surface area contributed by atoms with Gasteiger partial charge in [0.2, 0.25) is 0 Å². The Hall–Kier alpha value is -5.61. The number of rotatable bonds is 4. The van der Waals surface area contributed by atoms with Crippen molar-refractivity contribution in [1.29, 1.82) is 0 Å². The van der Waals surface area contributed by atoms with Gasteiger partial charge in [0.1, 0.15) is 0 Å². The van der Waals surface area contributed by atoms with Crippen LogP contribution in [0.4, 0.5) is 0 Å². The molecular formula is C37H24N4. The number of aromatic nitrogens is 4. The van der Waals surface area contributed by atoms with Gasteiger partial charge >= 0.3 is 0 Å². The van der Waals surface area contributed by atoms with Gasteiger partial charge in [-0.05, 0) is 29.6 Å². The predicted octanol–water partition coefficient (Wildman–Crippen LogP) is 9.12. The van der Waals surface area contributed by atoms with Crippen LogP contribution in [0.3, 0.4) is 0 Å². The van der Waals surface area contributed by atoms with Crippen LogP contribution in [0.15, 0.2) is 145 Å². The van der Waals surface area contributed by atoms with Crippen LogP contribution in [-0.4, -0.2) is 19.5 Å². The van der Waals surface area contributed by atoms with Crippen molar-refractivity contribution in [3.05, 3.63) is 145 Å². The first-order valence-electron chi connectivity index (χ1n) is 20.4. The first-order chi connectivity index (χ1) is 27.0.